The van der Waals surface area contributed by atoms with Gasteiger partial charge in [-0.3, -0.25) is 4.79 Å². The van der Waals surface area contributed by atoms with Gasteiger partial charge in [0.05, 0.1) is 0 Å². The van der Waals surface area contributed by atoms with E-state index in [-0.39, 0.29) is 6.10 Å². The SMILES string of the molecule is O=Cc1ccc(C2COC3=CC=C=CC=C3O2)cc1. The van der Waals surface area contributed by atoms with Crippen LogP contribution in [-0.2, 0) is 9.47 Å². The number of aldehydes is 1. The first-order chi connectivity index (χ1) is 9.36. The molecule has 1 unspecified atom stereocenters. The lowest BCUT2D eigenvalue weighted by atomic mass is 10.1. The molecule has 3 nitrogen and oxygen atoms in total. The second-order valence-corrected chi connectivity index (χ2v) is 4.26. The minimum absolute atomic E-state index is 0.157. The Morgan fingerprint density at radius 3 is 2.58 bits per heavy atom. The fourth-order valence-corrected chi connectivity index (χ4v) is 1.99. The van der Waals surface area contributed by atoms with Gasteiger partial charge in [-0.25, -0.2) is 0 Å². The molecule has 0 spiro atoms. The van der Waals surface area contributed by atoms with Crippen molar-refractivity contribution in [2.75, 3.05) is 6.61 Å². The summed E-state index contributed by atoms with van der Waals surface area (Å²) < 4.78 is 11.6. The molecule has 19 heavy (non-hydrogen) atoms. The van der Waals surface area contributed by atoms with Crippen molar-refractivity contribution in [3.63, 3.8) is 0 Å². The number of hydrogen-bond acceptors (Lipinski definition) is 3. The Balaban J connectivity index is 1.82. The molecule has 1 heterocycles. The summed E-state index contributed by atoms with van der Waals surface area (Å²) in [5.74, 6) is 1.43. The van der Waals surface area contributed by atoms with Gasteiger partial charge in [0.25, 0.3) is 0 Å². The first kappa shape index (κ1) is 11.6. The number of rotatable bonds is 2. The molecule has 1 atom stereocenters. The highest BCUT2D eigenvalue weighted by Crippen LogP contribution is 2.31. The number of fused-ring (bicyclic) bond motifs is 1. The summed E-state index contributed by atoms with van der Waals surface area (Å²) in [5.41, 5.74) is 4.62. The fourth-order valence-electron chi connectivity index (χ4n) is 1.99. The smallest absolute Gasteiger partial charge is 0.162 e. The summed E-state index contributed by atoms with van der Waals surface area (Å²) in [4.78, 5) is 10.6. The molecular formula is C16H12O3. The van der Waals surface area contributed by atoms with E-state index in [0.717, 1.165) is 17.6 Å². The van der Waals surface area contributed by atoms with E-state index in [9.17, 15) is 4.79 Å². The van der Waals surface area contributed by atoms with Crippen molar-refractivity contribution < 1.29 is 14.3 Å². The molecule has 1 aliphatic carbocycles. The Hall–Kier alpha value is -2.51. The maximum atomic E-state index is 10.6. The molecule has 2 aliphatic rings. The van der Waals surface area contributed by atoms with E-state index >= 15 is 0 Å². The zero-order chi connectivity index (χ0) is 13.1. The number of benzene rings is 1. The van der Waals surface area contributed by atoms with Gasteiger partial charge in [0.15, 0.2) is 17.6 Å². The normalized spacial score (nSPS) is 20.3. The van der Waals surface area contributed by atoms with Crippen LogP contribution >= 0.6 is 0 Å². The van der Waals surface area contributed by atoms with Crippen LogP contribution in [0.1, 0.15) is 22.0 Å². The van der Waals surface area contributed by atoms with Gasteiger partial charge in [0, 0.05) is 5.56 Å². The van der Waals surface area contributed by atoms with Crippen LogP contribution < -0.4 is 0 Å². The predicted octanol–water partition coefficient (Wildman–Crippen LogP) is 3.08. The number of carbonyl (C=O) groups excluding carboxylic acids is 1. The van der Waals surface area contributed by atoms with Crippen molar-refractivity contribution in [2.45, 2.75) is 6.10 Å². The molecule has 0 radical (unpaired) electrons. The summed E-state index contributed by atoms with van der Waals surface area (Å²) in [5, 5.41) is 0. The van der Waals surface area contributed by atoms with Crippen LogP contribution in [0, 0.1) is 0 Å². The average Bonchev–Trinajstić information content (AvgIpc) is 2.72. The predicted molar refractivity (Wildman–Crippen MR) is 70.4 cm³/mol. The van der Waals surface area contributed by atoms with Gasteiger partial charge in [-0.2, -0.15) is 0 Å². The molecule has 0 bridgehead atoms. The Labute approximate surface area is 111 Å². The molecule has 1 aromatic carbocycles. The first-order valence-electron chi connectivity index (χ1n) is 6.05. The molecular weight excluding hydrogens is 240 g/mol. The van der Waals surface area contributed by atoms with Gasteiger partial charge in [0.1, 0.15) is 12.9 Å². The van der Waals surface area contributed by atoms with E-state index in [1.807, 2.05) is 24.3 Å². The molecule has 0 saturated carbocycles. The highest BCUT2D eigenvalue weighted by molar-refractivity contribution is 5.74. The average molecular weight is 252 g/mol. The van der Waals surface area contributed by atoms with Crippen molar-refractivity contribution in [3.8, 4) is 0 Å². The molecule has 0 amide bonds. The highest BCUT2D eigenvalue weighted by Gasteiger charge is 2.24. The standard InChI is InChI=1S/C16H12O3/c17-10-12-6-8-13(9-7-12)16-11-18-14-4-2-1-3-5-15(14)19-16/h2-10,16H,11H2. The first-order valence-corrected chi connectivity index (χ1v) is 6.05. The fraction of sp³-hybridized carbons (Fsp3) is 0.125. The van der Waals surface area contributed by atoms with Crippen molar-refractivity contribution >= 4 is 6.29 Å². The molecule has 1 saturated heterocycles. The van der Waals surface area contributed by atoms with Crippen molar-refractivity contribution in [1.29, 1.82) is 0 Å². The Morgan fingerprint density at radius 2 is 1.84 bits per heavy atom. The van der Waals surface area contributed by atoms with Crippen molar-refractivity contribution in [2.24, 2.45) is 0 Å². The molecule has 94 valence electrons. The molecule has 3 heteroatoms. The number of allylic oxidation sites excluding steroid dienone is 3. The van der Waals surface area contributed by atoms with Gasteiger partial charge in [-0.15, -0.1) is 5.73 Å². The van der Waals surface area contributed by atoms with Crippen LogP contribution in [0.25, 0.3) is 0 Å². The minimum atomic E-state index is -0.157. The summed E-state index contributed by atoms with van der Waals surface area (Å²) in [6, 6.07) is 7.33. The second kappa shape index (κ2) is 5.01. The van der Waals surface area contributed by atoms with Crippen molar-refractivity contribution in [3.05, 3.63) is 76.9 Å². The molecule has 0 N–H and O–H groups in total. The highest BCUT2D eigenvalue weighted by atomic mass is 16.6. The lowest BCUT2D eigenvalue weighted by molar-refractivity contribution is -0.00815. The zero-order valence-corrected chi connectivity index (χ0v) is 10.2. The van der Waals surface area contributed by atoms with E-state index in [1.165, 1.54) is 0 Å². The Morgan fingerprint density at radius 1 is 1.11 bits per heavy atom. The largest absolute Gasteiger partial charge is 0.485 e. The topological polar surface area (TPSA) is 35.5 Å². The quantitative estimate of drug-likeness (QED) is 0.599. The van der Waals surface area contributed by atoms with E-state index in [0.29, 0.717) is 17.9 Å². The van der Waals surface area contributed by atoms with Crippen LogP contribution in [0.3, 0.4) is 0 Å². The monoisotopic (exact) mass is 252 g/mol. The van der Waals surface area contributed by atoms with Crippen LogP contribution in [0.2, 0.25) is 0 Å². The molecule has 1 fully saturated rings. The number of hydrogen-bond donors (Lipinski definition) is 0. The third-order valence-electron chi connectivity index (χ3n) is 3.01. The lowest BCUT2D eigenvalue weighted by Gasteiger charge is -2.28. The van der Waals surface area contributed by atoms with Gasteiger partial charge in [0.2, 0.25) is 0 Å². The van der Waals surface area contributed by atoms with Gasteiger partial charge in [-0.05, 0) is 29.9 Å². The van der Waals surface area contributed by atoms with Crippen LogP contribution in [-0.4, -0.2) is 12.9 Å². The summed E-state index contributed by atoms with van der Waals surface area (Å²) in [6.45, 7) is 0.456. The van der Waals surface area contributed by atoms with E-state index in [4.69, 9.17) is 9.47 Å². The molecule has 0 aromatic heterocycles. The third kappa shape index (κ3) is 2.37. The Kier molecular flexibility index (Phi) is 3.05. The zero-order valence-electron chi connectivity index (χ0n) is 10.2. The van der Waals surface area contributed by atoms with E-state index in [2.05, 4.69) is 5.73 Å². The van der Waals surface area contributed by atoms with E-state index < -0.39 is 0 Å². The molecule has 1 aromatic rings. The van der Waals surface area contributed by atoms with Gasteiger partial charge in [-0.1, -0.05) is 24.3 Å². The molecule has 1 aliphatic heterocycles. The van der Waals surface area contributed by atoms with Crippen LogP contribution in [0.15, 0.2) is 65.8 Å². The third-order valence-corrected chi connectivity index (χ3v) is 3.01. The second-order valence-electron chi connectivity index (χ2n) is 4.26. The van der Waals surface area contributed by atoms with Gasteiger partial charge >= 0.3 is 0 Å². The lowest BCUT2D eigenvalue weighted by Crippen LogP contribution is -2.19. The molecule has 3 rings (SSSR count). The van der Waals surface area contributed by atoms with Crippen LogP contribution in [0.5, 0.6) is 0 Å². The summed E-state index contributed by atoms with van der Waals surface area (Å²) >= 11 is 0. The van der Waals surface area contributed by atoms with Crippen molar-refractivity contribution in [1.82, 2.24) is 0 Å². The maximum absolute atomic E-state index is 10.6. The van der Waals surface area contributed by atoms with E-state index in [1.54, 1.807) is 24.3 Å². The van der Waals surface area contributed by atoms with Crippen LogP contribution in [0.4, 0.5) is 0 Å². The minimum Gasteiger partial charge on any atom is -0.485 e. The van der Waals surface area contributed by atoms with Gasteiger partial charge < -0.3 is 9.47 Å². The summed E-state index contributed by atoms with van der Waals surface area (Å²) in [7, 11) is 0. The Bertz CT molecular complexity index is 614. The maximum Gasteiger partial charge on any atom is 0.162 e. The number of carbonyl (C=O) groups is 1. The summed E-state index contributed by atoms with van der Waals surface area (Å²) in [6.07, 6.45) is 7.92. The number of ether oxygens (including phenoxy) is 2.